The van der Waals surface area contributed by atoms with E-state index in [9.17, 15) is 18.4 Å². The van der Waals surface area contributed by atoms with Gasteiger partial charge in [-0.05, 0) is 30.2 Å². The number of benzene rings is 1. The molecule has 6 heteroatoms. The van der Waals surface area contributed by atoms with Crippen LogP contribution in [0.5, 0.6) is 0 Å². The van der Waals surface area contributed by atoms with E-state index in [2.05, 4.69) is 0 Å². The van der Waals surface area contributed by atoms with Gasteiger partial charge in [0.25, 0.3) is 0 Å². The largest absolute Gasteiger partial charge is 0.478 e. The van der Waals surface area contributed by atoms with Crippen molar-refractivity contribution < 1.29 is 23.5 Å². The number of carbonyl (C=O) groups excluding carboxylic acids is 1. The molecule has 0 unspecified atom stereocenters. The van der Waals surface area contributed by atoms with Gasteiger partial charge in [0.05, 0.1) is 0 Å². The Hall–Kier alpha value is -2.24. The Morgan fingerprint density at radius 1 is 1.32 bits per heavy atom. The van der Waals surface area contributed by atoms with E-state index in [1.54, 1.807) is 0 Å². The van der Waals surface area contributed by atoms with Gasteiger partial charge in [-0.15, -0.1) is 0 Å². The lowest BCUT2D eigenvalue weighted by Crippen LogP contribution is -2.27. The lowest BCUT2D eigenvalue weighted by molar-refractivity contribution is -0.132. The van der Waals surface area contributed by atoms with Crippen molar-refractivity contribution in [1.82, 2.24) is 4.90 Å². The number of halogens is 2. The molecule has 1 aromatic rings. The smallest absolute Gasteiger partial charge is 0.328 e. The van der Waals surface area contributed by atoms with Crippen LogP contribution in [0.15, 0.2) is 30.4 Å². The van der Waals surface area contributed by atoms with Gasteiger partial charge in [-0.25, -0.2) is 13.6 Å². The molecule has 19 heavy (non-hydrogen) atoms. The van der Waals surface area contributed by atoms with Crippen molar-refractivity contribution in [3.05, 3.63) is 47.5 Å². The molecule has 102 valence electrons. The number of carboxylic acids is 1. The van der Waals surface area contributed by atoms with Crippen LogP contribution in [0, 0.1) is 11.6 Å². The highest BCUT2D eigenvalue weighted by Crippen LogP contribution is 2.10. The molecule has 1 N–H and O–H groups in total. The minimum Gasteiger partial charge on any atom is -0.478 e. The molecule has 0 heterocycles. The van der Waals surface area contributed by atoms with Gasteiger partial charge in [0.15, 0.2) is 0 Å². The van der Waals surface area contributed by atoms with Crippen LogP contribution in [-0.2, 0) is 16.0 Å². The van der Waals surface area contributed by atoms with E-state index >= 15 is 0 Å². The minimum atomic E-state index is -1.22. The van der Waals surface area contributed by atoms with Gasteiger partial charge in [-0.3, -0.25) is 4.79 Å². The molecule has 0 saturated carbocycles. The summed E-state index contributed by atoms with van der Waals surface area (Å²) >= 11 is 0. The molecule has 4 nitrogen and oxygen atoms in total. The van der Waals surface area contributed by atoms with Gasteiger partial charge in [0.1, 0.15) is 11.6 Å². The molecule has 0 bridgehead atoms. The molecule has 1 aromatic carbocycles. The molecule has 0 aromatic heterocycles. The second kappa shape index (κ2) is 6.63. The monoisotopic (exact) mass is 269 g/mol. The van der Waals surface area contributed by atoms with E-state index in [1.165, 1.54) is 11.9 Å². The fraction of sp³-hybridized carbons (Fsp3) is 0.231. The average molecular weight is 269 g/mol. The zero-order chi connectivity index (χ0) is 14.4. The van der Waals surface area contributed by atoms with Crippen LogP contribution in [0.1, 0.15) is 5.56 Å². The fourth-order valence-corrected chi connectivity index (χ4v) is 1.40. The Kier molecular flexibility index (Phi) is 5.17. The molecule has 0 aliphatic heterocycles. The van der Waals surface area contributed by atoms with Crippen molar-refractivity contribution in [1.29, 1.82) is 0 Å². The van der Waals surface area contributed by atoms with Crippen LogP contribution in [0.2, 0.25) is 0 Å². The summed E-state index contributed by atoms with van der Waals surface area (Å²) in [5.74, 6) is -2.82. The van der Waals surface area contributed by atoms with Gasteiger partial charge in [0.2, 0.25) is 5.91 Å². The lowest BCUT2D eigenvalue weighted by atomic mass is 10.1. The third-order valence-corrected chi connectivity index (χ3v) is 2.47. The maximum absolute atomic E-state index is 13.3. The quantitative estimate of drug-likeness (QED) is 0.826. The third-order valence-electron chi connectivity index (χ3n) is 2.47. The van der Waals surface area contributed by atoms with Crippen LogP contribution in [0.3, 0.4) is 0 Å². The Balaban J connectivity index is 2.58. The average Bonchev–Trinajstić information content (AvgIpc) is 2.36. The molecule has 0 fully saturated rings. The molecule has 0 spiro atoms. The second-order valence-electron chi connectivity index (χ2n) is 3.92. The fourth-order valence-electron chi connectivity index (χ4n) is 1.40. The maximum atomic E-state index is 13.3. The molecule has 1 amide bonds. The number of nitrogens with zero attached hydrogens (tertiary/aromatic N) is 1. The van der Waals surface area contributed by atoms with Gasteiger partial charge >= 0.3 is 5.97 Å². The number of carbonyl (C=O) groups is 2. The summed E-state index contributed by atoms with van der Waals surface area (Å²) in [5, 5.41) is 8.37. The van der Waals surface area contributed by atoms with Crippen LogP contribution in [-0.4, -0.2) is 35.5 Å². The summed E-state index contributed by atoms with van der Waals surface area (Å²) in [6, 6.07) is 3.11. The van der Waals surface area contributed by atoms with Crippen molar-refractivity contribution in [2.75, 3.05) is 13.6 Å². The minimum absolute atomic E-state index is 0.146. The van der Waals surface area contributed by atoms with Crippen LogP contribution in [0.25, 0.3) is 0 Å². The Labute approximate surface area is 109 Å². The second-order valence-corrected chi connectivity index (χ2v) is 3.92. The molecule has 0 aliphatic rings. The summed E-state index contributed by atoms with van der Waals surface area (Å²) in [5.41, 5.74) is 0.168. The maximum Gasteiger partial charge on any atom is 0.328 e. The van der Waals surface area contributed by atoms with E-state index in [-0.39, 0.29) is 18.5 Å². The normalized spacial score (nSPS) is 10.7. The van der Waals surface area contributed by atoms with Crippen LogP contribution < -0.4 is 0 Å². The molecular formula is C13H13F2NO3. The van der Waals surface area contributed by atoms with Gasteiger partial charge in [-0.1, -0.05) is 0 Å². The first-order chi connectivity index (χ1) is 8.90. The Morgan fingerprint density at radius 2 is 2.00 bits per heavy atom. The molecule has 0 radical (unpaired) electrons. The highest BCUT2D eigenvalue weighted by atomic mass is 19.1. The van der Waals surface area contributed by atoms with Crippen molar-refractivity contribution in [2.45, 2.75) is 6.42 Å². The van der Waals surface area contributed by atoms with E-state index in [0.717, 1.165) is 30.4 Å². The number of likely N-dealkylation sites (N-methyl/N-ethyl adjacent to an activating group) is 1. The zero-order valence-corrected chi connectivity index (χ0v) is 10.3. The van der Waals surface area contributed by atoms with E-state index in [0.29, 0.717) is 0 Å². The highest BCUT2D eigenvalue weighted by molar-refractivity contribution is 5.93. The zero-order valence-electron chi connectivity index (χ0n) is 10.3. The first-order valence-electron chi connectivity index (χ1n) is 5.50. The molecule has 0 aliphatic carbocycles. The SMILES string of the molecule is CN(CCc1cc(F)ccc1F)C(=O)/C=C/C(=O)O. The number of rotatable bonds is 5. The number of carboxylic acid groups (broad SMARTS) is 1. The summed E-state index contributed by atoms with van der Waals surface area (Å²) in [7, 11) is 1.45. The Bertz CT molecular complexity index is 515. The van der Waals surface area contributed by atoms with Crippen molar-refractivity contribution in [2.24, 2.45) is 0 Å². The van der Waals surface area contributed by atoms with E-state index < -0.39 is 23.5 Å². The number of hydrogen-bond donors (Lipinski definition) is 1. The van der Waals surface area contributed by atoms with Crippen LogP contribution >= 0.6 is 0 Å². The van der Waals surface area contributed by atoms with Gasteiger partial charge in [-0.2, -0.15) is 0 Å². The number of aliphatic carboxylic acids is 1. The first kappa shape index (κ1) is 14.8. The summed E-state index contributed by atoms with van der Waals surface area (Å²) in [6.07, 6.45) is 1.78. The summed E-state index contributed by atoms with van der Waals surface area (Å²) in [4.78, 5) is 22.9. The van der Waals surface area contributed by atoms with Crippen molar-refractivity contribution in [3.63, 3.8) is 0 Å². The summed E-state index contributed by atoms with van der Waals surface area (Å²) in [6.45, 7) is 0.156. The standard InChI is InChI=1S/C13H13F2NO3/c1-16(12(17)4-5-13(18)19)7-6-9-8-10(14)2-3-11(9)15/h2-5,8H,6-7H2,1H3,(H,18,19)/b5-4+. The Morgan fingerprint density at radius 3 is 2.63 bits per heavy atom. The van der Waals surface area contributed by atoms with E-state index in [4.69, 9.17) is 5.11 Å². The van der Waals surface area contributed by atoms with Crippen LogP contribution in [0.4, 0.5) is 8.78 Å². The molecule has 1 rings (SSSR count). The first-order valence-corrected chi connectivity index (χ1v) is 5.50. The molecule has 0 saturated heterocycles. The molecule has 0 atom stereocenters. The molecular weight excluding hydrogens is 256 g/mol. The predicted octanol–water partition coefficient (Wildman–Crippen LogP) is 1.61. The van der Waals surface area contributed by atoms with Gasteiger partial charge < -0.3 is 10.0 Å². The summed E-state index contributed by atoms with van der Waals surface area (Å²) < 4.78 is 26.2. The van der Waals surface area contributed by atoms with Gasteiger partial charge in [0, 0.05) is 25.7 Å². The third kappa shape index (κ3) is 4.87. The van der Waals surface area contributed by atoms with Crippen molar-refractivity contribution in [3.8, 4) is 0 Å². The highest BCUT2D eigenvalue weighted by Gasteiger charge is 2.08. The lowest BCUT2D eigenvalue weighted by Gasteiger charge is -2.15. The van der Waals surface area contributed by atoms with Crippen molar-refractivity contribution >= 4 is 11.9 Å². The number of hydrogen-bond acceptors (Lipinski definition) is 2. The topological polar surface area (TPSA) is 57.6 Å². The predicted molar refractivity (Wildman–Crippen MR) is 64.5 cm³/mol. The van der Waals surface area contributed by atoms with E-state index in [1.807, 2.05) is 0 Å². The number of amides is 1.